The molecular weight excluding hydrogens is 266 g/mol. The van der Waals surface area contributed by atoms with Gasteiger partial charge in [0.05, 0.1) is 12.3 Å². The Bertz CT molecular complexity index is 363. The number of rotatable bonds is 5. The molecule has 1 aromatic carbocycles. The summed E-state index contributed by atoms with van der Waals surface area (Å²) >= 11 is 3.54. The van der Waals surface area contributed by atoms with E-state index in [-0.39, 0.29) is 6.61 Å². The predicted octanol–water partition coefficient (Wildman–Crippen LogP) is 3.34. The monoisotopic (exact) mass is 283 g/mol. The first-order chi connectivity index (χ1) is 7.60. The van der Waals surface area contributed by atoms with E-state index in [0.717, 1.165) is 22.3 Å². The van der Waals surface area contributed by atoms with Crippen LogP contribution in [0.3, 0.4) is 0 Å². The first kappa shape index (κ1) is 13.3. The fourth-order valence-corrected chi connectivity index (χ4v) is 2.26. The Morgan fingerprint density at radius 1 is 1.50 bits per heavy atom. The van der Waals surface area contributed by atoms with Crippen LogP contribution in [0.15, 0.2) is 35.3 Å². The molecule has 0 saturated carbocycles. The molecule has 88 valence electrons. The van der Waals surface area contributed by atoms with Crippen molar-refractivity contribution in [3.8, 4) is 0 Å². The molecule has 1 rings (SSSR count). The van der Waals surface area contributed by atoms with Gasteiger partial charge in [-0.3, -0.25) is 0 Å². The molecule has 0 unspecified atom stereocenters. The predicted molar refractivity (Wildman–Crippen MR) is 72.7 cm³/mol. The molecule has 3 heteroatoms. The molecule has 0 aliphatic carbocycles. The second-order valence-corrected chi connectivity index (χ2v) is 4.83. The van der Waals surface area contributed by atoms with Crippen molar-refractivity contribution in [3.05, 3.63) is 40.9 Å². The Kier molecular flexibility index (Phi) is 5.03. The van der Waals surface area contributed by atoms with E-state index in [2.05, 4.69) is 41.3 Å². The van der Waals surface area contributed by atoms with Crippen LogP contribution in [0.1, 0.15) is 19.4 Å². The van der Waals surface area contributed by atoms with Crippen molar-refractivity contribution in [1.29, 1.82) is 0 Å². The van der Waals surface area contributed by atoms with Gasteiger partial charge in [0.15, 0.2) is 0 Å². The van der Waals surface area contributed by atoms with E-state index in [9.17, 15) is 0 Å². The van der Waals surface area contributed by atoms with Gasteiger partial charge in [-0.05, 0) is 47.5 Å². The summed E-state index contributed by atoms with van der Waals surface area (Å²) in [5, 5.41) is 9.05. The molecule has 0 radical (unpaired) electrons. The summed E-state index contributed by atoms with van der Waals surface area (Å²) in [6, 6.07) is 6.33. The number of hydrogen-bond acceptors (Lipinski definition) is 2. The van der Waals surface area contributed by atoms with Crippen LogP contribution in [0.25, 0.3) is 0 Å². The van der Waals surface area contributed by atoms with E-state index in [1.165, 1.54) is 0 Å². The number of aliphatic hydroxyl groups is 1. The molecule has 0 heterocycles. The number of hydrogen-bond donors (Lipinski definition) is 1. The van der Waals surface area contributed by atoms with E-state index < -0.39 is 0 Å². The highest BCUT2D eigenvalue weighted by molar-refractivity contribution is 9.10. The zero-order valence-electron chi connectivity index (χ0n) is 9.78. The van der Waals surface area contributed by atoms with Crippen LogP contribution in [-0.4, -0.2) is 17.7 Å². The Morgan fingerprint density at radius 3 is 2.62 bits per heavy atom. The van der Waals surface area contributed by atoms with E-state index >= 15 is 0 Å². The quantitative estimate of drug-likeness (QED) is 0.838. The van der Waals surface area contributed by atoms with Crippen molar-refractivity contribution in [3.63, 3.8) is 0 Å². The Morgan fingerprint density at radius 2 is 2.19 bits per heavy atom. The number of aliphatic hydroxyl groups excluding tert-OH is 1. The fourth-order valence-electron chi connectivity index (χ4n) is 1.61. The van der Waals surface area contributed by atoms with Gasteiger partial charge in [0, 0.05) is 17.1 Å². The van der Waals surface area contributed by atoms with Gasteiger partial charge in [-0.25, -0.2) is 0 Å². The number of benzene rings is 1. The average molecular weight is 284 g/mol. The van der Waals surface area contributed by atoms with Crippen molar-refractivity contribution in [2.24, 2.45) is 0 Å². The Hall–Kier alpha value is -0.800. The third-order valence-electron chi connectivity index (χ3n) is 2.45. The Balaban J connectivity index is 3.04. The molecule has 0 aromatic heterocycles. The normalized spacial score (nSPS) is 10.6. The van der Waals surface area contributed by atoms with E-state index in [0.29, 0.717) is 6.04 Å². The van der Waals surface area contributed by atoms with Gasteiger partial charge in [-0.1, -0.05) is 12.1 Å². The van der Waals surface area contributed by atoms with Crippen molar-refractivity contribution < 1.29 is 5.11 Å². The standard InChI is InChI=1S/C13H18BrNO/c1-4-7-15(10(2)3)13-6-5-11(9-16)8-12(13)14/h4-6,8,10,16H,1,7,9H2,2-3H3. The summed E-state index contributed by atoms with van der Waals surface area (Å²) in [5.74, 6) is 0. The van der Waals surface area contributed by atoms with Gasteiger partial charge >= 0.3 is 0 Å². The van der Waals surface area contributed by atoms with Gasteiger partial charge in [0.25, 0.3) is 0 Å². The molecule has 0 atom stereocenters. The number of halogens is 1. The Labute approximate surface area is 106 Å². The summed E-state index contributed by atoms with van der Waals surface area (Å²) in [4.78, 5) is 2.25. The minimum Gasteiger partial charge on any atom is -0.392 e. The smallest absolute Gasteiger partial charge is 0.0682 e. The van der Waals surface area contributed by atoms with Crippen molar-refractivity contribution in [2.45, 2.75) is 26.5 Å². The SMILES string of the molecule is C=CCN(c1ccc(CO)cc1Br)C(C)C. The third-order valence-corrected chi connectivity index (χ3v) is 3.09. The average Bonchev–Trinajstić information content (AvgIpc) is 2.26. The van der Waals surface area contributed by atoms with Gasteiger partial charge < -0.3 is 10.0 Å². The molecule has 0 bridgehead atoms. The molecule has 16 heavy (non-hydrogen) atoms. The van der Waals surface area contributed by atoms with Crippen LogP contribution in [-0.2, 0) is 6.61 Å². The molecule has 0 fully saturated rings. The van der Waals surface area contributed by atoms with Gasteiger partial charge in [-0.2, -0.15) is 0 Å². The maximum absolute atomic E-state index is 9.05. The van der Waals surface area contributed by atoms with Crippen LogP contribution in [0.2, 0.25) is 0 Å². The molecule has 1 aromatic rings. The van der Waals surface area contributed by atoms with Crippen LogP contribution in [0.4, 0.5) is 5.69 Å². The van der Waals surface area contributed by atoms with Gasteiger partial charge in [0.2, 0.25) is 0 Å². The largest absolute Gasteiger partial charge is 0.392 e. The van der Waals surface area contributed by atoms with Crippen LogP contribution < -0.4 is 4.90 Å². The van der Waals surface area contributed by atoms with Gasteiger partial charge in [0.1, 0.15) is 0 Å². The first-order valence-electron chi connectivity index (χ1n) is 5.37. The number of anilines is 1. The molecule has 0 aliphatic rings. The van der Waals surface area contributed by atoms with Crippen molar-refractivity contribution in [1.82, 2.24) is 0 Å². The lowest BCUT2D eigenvalue weighted by Gasteiger charge is -2.29. The first-order valence-corrected chi connectivity index (χ1v) is 6.16. The fraction of sp³-hybridized carbons (Fsp3) is 0.385. The minimum atomic E-state index is 0.0714. The molecule has 0 aliphatic heterocycles. The maximum Gasteiger partial charge on any atom is 0.0682 e. The van der Waals surface area contributed by atoms with Gasteiger partial charge in [-0.15, -0.1) is 6.58 Å². The minimum absolute atomic E-state index is 0.0714. The summed E-state index contributed by atoms with van der Waals surface area (Å²) < 4.78 is 1.01. The highest BCUT2D eigenvalue weighted by atomic mass is 79.9. The highest BCUT2D eigenvalue weighted by Gasteiger charge is 2.12. The zero-order valence-corrected chi connectivity index (χ0v) is 11.4. The number of nitrogens with zero attached hydrogens (tertiary/aromatic N) is 1. The molecule has 0 saturated heterocycles. The van der Waals surface area contributed by atoms with E-state index in [1.807, 2.05) is 24.3 Å². The lowest BCUT2D eigenvalue weighted by molar-refractivity contribution is 0.282. The van der Waals surface area contributed by atoms with E-state index in [1.54, 1.807) is 0 Å². The van der Waals surface area contributed by atoms with Crippen molar-refractivity contribution in [2.75, 3.05) is 11.4 Å². The summed E-state index contributed by atoms with van der Waals surface area (Å²) in [7, 11) is 0. The maximum atomic E-state index is 9.05. The van der Waals surface area contributed by atoms with Crippen LogP contribution in [0, 0.1) is 0 Å². The molecular formula is C13H18BrNO. The third kappa shape index (κ3) is 3.09. The van der Waals surface area contributed by atoms with Crippen LogP contribution in [0.5, 0.6) is 0 Å². The summed E-state index contributed by atoms with van der Waals surface area (Å²) in [6.07, 6.45) is 1.90. The molecule has 0 spiro atoms. The lowest BCUT2D eigenvalue weighted by atomic mass is 10.2. The van der Waals surface area contributed by atoms with Crippen molar-refractivity contribution >= 4 is 21.6 Å². The lowest BCUT2D eigenvalue weighted by Crippen LogP contribution is -2.31. The topological polar surface area (TPSA) is 23.5 Å². The molecule has 0 amide bonds. The molecule has 2 nitrogen and oxygen atoms in total. The van der Waals surface area contributed by atoms with Crippen LogP contribution >= 0.6 is 15.9 Å². The molecule has 1 N–H and O–H groups in total. The van der Waals surface area contributed by atoms with E-state index in [4.69, 9.17) is 5.11 Å². The summed E-state index contributed by atoms with van der Waals surface area (Å²) in [5.41, 5.74) is 2.05. The second-order valence-electron chi connectivity index (χ2n) is 3.98. The highest BCUT2D eigenvalue weighted by Crippen LogP contribution is 2.28. The zero-order chi connectivity index (χ0) is 12.1. The second kappa shape index (κ2) is 6.06. The summed E-state index contributed by atoms with van der Waals surface area (Å²) in [6.45, 7) is 8.96.